The number of aliphatic hydroxyl groups is 1. The number of nitriles is 1. The van der Waals surface area contributed by atoms with Crippen LogP contribution in [0, 0.1) is 28.6 Å². The first-order valence-corrected chi connectivity index (χ1v) is 7.90. The van der Waals surface area contributed by atoms with Crippen molar-refractivity contribution in [2.75, 3.05) is 0 Å². The highest BCUT2D eigenvalue weighted by Gasteiger charge is 2.64. The summed E-state index contributed by atoms with van der Waals surface area (Å²) in [5.74, 6) is 0.548. The number of rotatable bonds is 1. The third kappa shape index (κ3) is 1.37. The smallest absolute Gasteiger partial charge is 0.0895 e. The Morgan fingerprint density at radius 1 is 1.05 bits per heavy atom. The Morgan fingerprint density at radius 2 is 1.60 bits per heavy atom. The lowest BCUT2D eigenvalue weighted by molar-refractivity contribution is -0.146. The average molecular weight is 267 g/mol. The van der Waals surface area contributed by atoms with Gasteiger partial charge in [-0.2, -0.15) is 5.26 Å². The van der Waals surface area contributed by atoms with E-state index < -0.39 is 11.0 Å². The van der Waals surface area contributed by atoms with Gasteiger partial charge in [-0.3, -0.25) is 0 Å². The van der Waals surface area contributed by atoms with Crippen LogP contribution in [0.2, 0.25) is 0 Å². The Labute approximate surface area is 120 Å². The number of hydrogen-bond acceptors (Lipinski definition) is 2. The van der Waals surface area contributed by atoms with E-state index in [-0.39, 0.29) is 11.8 Å². The fourth-order valence-electron chi connectivity index (χ4n) is 5.09. The summed E-state index contributed by atoms with van der Waals surface area (Å²) in [6.45, 7) is 0. The number of hydrogen-bond donors (Lipinski definition) is 1. The molecule has 2 unspecified atom stereocenters. The highest BCUT2D eigenvalue weighted by atomic mass is 16.3. The molecule has 0 spiro atoms. The summed E-state index contributed by atoms with van der Waals surface area (Å²) in [7, 11) is 0. The van der Waals surface area contributed by atoms with Gasteiger partial charge >= 0.3 is 0 Å². The van der Waals surface area contributed by atoms with Crippen molar-refractivity contribution in [3.8, 4) is 6.07 Å². The molecule has 0 aliphatic heterocycles. The molecular formula is C18H21NO. The topological polar surface area (TPSA) is 44.0 Å². The molecule has 104 valence electrons. The Morgan fingerprint density at radius 3 is 2.00 bits per heavy atom. The lowest BCUT2D eigenvalue weighted by Crippen LogP contribution is -2.58. The molecule has 1 aromatic carbocycles. The van der Waals surface area contributed by atoms with Crippen LogP contribution in [0.3, 0.4) is 0 Å². The van der Waals surface area contributed by atoms with Crippen molar-refractivity contribution in [3.05, 3.63) is 35.4 Å². The van der Waals surface area contributed by atoms with Crippen molar-refractivity contribution in [2.24, 2.45) is 17.3 Å². The molecule has 0 amide bonds. The van der Waals surface area contributed by atoms with E-state index in [1.807, 2.05) is 0 Å². The third-order valence-electron chi connectivity index (χ3n) is 6.35. The molecule has 0 saturated heterocycles. The van der Waals surface area contributed by atoms with Crippen molar-refractivity contribution in [3.63, 3.8) is 0 Å². The molecule has 3 aliphatic rings. The number of fused-ring (bicyclic) bond motifs is 3. The Balaban J connectivity index is 1.80. The van der Waals surface area contributed by atoms with Crippen molar-refractivity contribution in [2.45, 2.75) is 50.5 Å². The zero-order valence-corrected chi connectivity index (χ0v) is 11.8. The first kappa shape index (κ1) is 12.4. The fraction of sp³-hybridized carbons (Fsp3) is 0.611. The molecule has 20 heavy (non-hydrogen) atoms. The van der Waals surface area contributed by atoms with Crippen molar-refractivity contribution < 1.29 is 5.11 Å². The quantitative estimate of drug-likeness (QED) is 0.849. The monoisotopic (exact) mass is 267 g/mol. The van der Waals surface area contributed by atoms with E-state index in [0.717, 1.165) is 44.9 Å². The maximum Gasteiger partial charge on any atom is 0.0895 e. The van der Waals surface area contributed by atoms with Crippen LogP contribution in [-0.4, -0.2) is 10.7 Å². The molecule has 1 aromatic rings. The summed E-state index contributed by atoms with van der Waals surface area (Å²) in [6.07, 6.45) is 6.95. The van der Waals surface area contributed by atoms with Gasteiger partial charge in [0, 0.05) is 0 Å². The second-order valence-corrected chi connectivity index (χ2v) is 7.02. The molecule has 2 nitrogen and oxygen atoms in total. The lowest BCUT2D eigenvalue weighted by Gasteiger charge is -2.52. The van der Waals surface area contributed by atoms with Crippen LogP contribution in [0.4, 0.5) is 0 Å². The normalized spacial score (nSPS) is 37.4. The fourth-order valence-corrected chi connectivity index (χ4v) is 5.09. The first-order valence-electron chi connectivity index (χ1n) is 7.90. The van der Waals surface area contributed by atoms with Crippen LogP contribution in [0.15, 0.2) is 24.3 Å². The predicted octanol–water partition coefficient (Wildman–Crippen LogP) is 3.24. The SMILES string of the molecule is N#CC1(C2(O)C3CCC2Cc2ccccc2C3)CCC1. The summed E-state index contributed by atoms with van der Waals surface area (Å²) < 4.78 is 0. The van der Waals surface area contributed by atoms with Crippen LogP contribution < -0.4 is 0 Å². The molecule has 0 aromatic heterocycles. The molecule has 2 heteroatoms. The molecule has 4 rings (SSSR count). The molecule has 2 fully saturated rings. The highest BCUT2D eigenvalue weighted by molar-refractivity contribution is 5.34. The molecule has 2 bridgehead atoms. The van der Waals surface area contributed by atoms with Gasteiger partial charge in [0.1, 0.15) is 0 Å². The van der Waals surface area contributed by atoms with Crippen molar-refractivity contribution in [1.82, 2.24) is 0 Å². The van der Waals surface area contributed by atoms with Crippen LogP contribution in [0.1, 0.15) is 43.2 Å². The Hall–Kier alpha value is -1.33. The van der Waals surface area contributed by atoms with Gasteiger partial charge in [-0.1, -0.05) is 30.7 Å². The van der Waals surface area contributed by atoms with Crippen LogP contribution in [0.5, 0.6) is 0 Å². The second-order valence-electron chi connectivity index (χ2n) is 7.02. The minimum atomic E-state index is -0.751. The standard InChI is InChI=1S/C18H21NO/c19-12-17(8-3-9-17)18(20)15-6-7-16(18)11-14-5-2-1-4-13(14)10-15/h1-2,4-5,15-16,20H,3,6-11H2. The molecular weight excluding hydrogens is 246 g/mol. The maximum atomic E-state index is 11.6. The molecule has 3 aliphatic carbocycles. The minimum Gasteiger partial charge on any atom is -0.388 e. The predicted molar refractivity (Wildman–Crippen MR) is 76.9 cm³/mol. The summed E-state index contributed by atoms with van der Waals surface area (Å²) in [4.78, 5) is 0. The van der Waals surface area contributed by atoms with E-state index in [4.69, 9.17) is 0 Å². The number of benzene rings is 1. The first-order chi connectivity index (χ1) is 9.69. The average Bonchev–Trinajstić information content (AvgIpc) is 2.61. The Bertz CT molecular complexity index is 548. The van der Waals surface area contributed by atoms with Gasteiger partial charge in [0.15, 0.2) is 0 Å². The van der Waals surface area contributed by atoms with Crippen molar-refractivity contribution in [1.29, 1.82) is 5.26 Å². The molecule has 1 N–H and O–H groups in total. The van der Waals surface area contributed by atoms with E-state index in [9.17, 15) is 10.4 Å². The van der Waals surface area contributed by atoms with Gasteiger partial charge in [-0.25, -0.2) is 0 Å². The third-order valence-corrected chi connectivity index (χ3v) is 6.35. The van der Waals surface area contributed by atoms with Gasteiger partial charge in [0.25, 0.3) is 0 Å². The van der Waals surface area contributed by atoms with Crippen LogP contribution in [-0.2, 0) is 12.8 Å². The largest absolute Gasteiger partial charge is 0.388 e. The second kappa shape index (κ2) is 4.09. The maximum absolute atomic E-state index is 11.6. The van der Waals surface area contributed by atoms with E-state index in [0.29, 0.717) is 0 Å². The Kier molecular flexibility index (Phi) is 2.54. The molecule has 2 saturated carbocycles. The van der Waals surface area contributed by atoms with Crippen LogP contribution >= 0.6 is 0 Å². The molecule has 0 radical (unpaired) electrons. The zero-order chi connectivity index (χ0) is 13.8. The van der Waals surface area contributed by atoms with Gasteiger partial charge in [0.2, 0.25) is 0 Å². The van der Waals surface area contributed by atoms with E-state index >= 15 is 0 Å². The summed E-state index contributed by atoms with van der Waals surface area (Å²) in [5, 5.41) is 21.3. The summed E-state index contributed by atoms with van der Waals surface area (Å²) in [6, 6.07) is 11.1. The van der Waals surface area contributed by atoms with E-state index in [1.54, 1.807) is 0 Å². The zero-order valence-electron chi connectivity index (χ0n) is 11.8. The van der Waals surface area contributed by atoms with Gasteiger partial charge < -0.3 is 5.11 Å². The summed E-state index contributed by atoms with van der Waals surface area (Å²) in [5.41, 5.74) is 1.58. The van der Waals surface area contributed by atoms with Gasteiger partial charge in [-0.15, -0.1) is 0 Å². The van der Waals surface area contributed by atoms with E-state index in [2.05, 4.69) is 30.3 Å². The highest BCUT2D eigenvalue weighted by Crippen LogP contribution is 2.61. The number of nitrogens with zero attached hydrogens (tertiary/aromatic N) is 1. The van der Waals surface area contributed by atoms with Crippen LogP contribution in [0.25, 0.3) is 0 Å². The van der Waals surface area contributed by atoms with Crippen molar-refractivity contribution >= 4 is 0 Å². The van der Waals surface area contributed by atoms with Gasteiger partial charge in [0.05, 0.1) is 17.1 Å². The van der Waals surface area contributed by atoms with Gasteiger partial charge in [-0.05, 0) is 61.5 Å². The van der Waals surface area contributed by atoms with E-state index in [1.165, 1.54) is 11.1 Å². The lowest BCUT2D eigenvalue weighted by atomic mass is 9.54. The molecule has 0 heterocycles. The summed E-state index contributed by atoms with van der Waals surface area (Å²) >= 11 is 0. The molecule has 2 atom stereocenters. The minimum absolute atomic E-state index is 0.274.